The van der Waals surface area contributed by atoms with Crippen molar-refractivity contribution in [2.45, 2.75) is 19.9 Å². The second-order valence-electron chi connectivity index (χ2n) is 3.92. The summed E-state index contributed by atoms with van der Waals surface area (Å²) in [5.74, 6) is -0.479. The molecule has 0 saturated carbocycles. The van der Waals surface area contributed by atoms with Crippen LogP contribution in [0.3, 0.4) is 0 Å². The molecule has 0 aliphatic rings. The summed E-state index contributed by atoms with van der Waals surface area (Å²) in [5.41, 5.74) is 7.73. The molecule has 2 rings (SSSR count). The summed E-state index contributed by atoms with van der Waals surface area (Å²) >= 11 is 0. The molecule has 0 spiro atoms. The van der Waals surface area contributed by atoms with Crippen LogP contribution in [0.1, 0.15) is 23.0 Å². The number of aromatic nitrogens is 1. The number of primary amides is 1. The maximum atomic E-state index is 11.3. The van der Waals surface area contributed by atoms with Gasteiger partial charge in [-0.25, -0.2) is 0 Å². The third-order valence-electron chi connectivity index (χ3n) is 2.85. The molecule has 2 aromatic rings. The Morgan fingerprint density at radius 2 is 2.29 bits per heavy atom. The quantitative estimate of drug-likeness (QED) is 0.827. The number of fused-ring (bicyclic) bond motifs is 1. The monoisotopic (exact) mass is 231 g/mol. The molecule has 1 aromatic heterocycles. The van der Waals surface area contributed by atoms with E-state index in [1.165, 1.54) is 0 Å². The van der Waals surface area contributed by atoms with Gasteiger partial charge < -0.3 is 15.4 Å². The van der Waals surface area contributed by atoms with Gasteiger partial charge in [-0.1, -0.05) is 6.92 Å². The van der Waals surface area contributed by atoms with Crippen LogP contribution in [-0.2, 0) is 13.0 Å². The number of hydrogen-bond acceptors (Lipinski definition) is 2. The van der Waals surface area contributed by atoms with E-state index in [0.29, 0.717) is 12.2 Å². The van der Waals surface area contributed by atoms with Crippen molar-refractivity contribution < 1.29 is 9.90 Å². The first-order valence-electron chi connectivity index (χ1n) is 5.62. The lowest BCUT2D eigenvalue weighted by Gasteiger charge is -2.06. The second kappa shape index (κ2) is 4.59. The van der Waals surface area contributed by atoms with Crippen LogP contribution in [0.15, 0.2) is 18.2 Å². The minimum Gasteiger partial charge on any atom is -0.395 e. The molecular formula is C13H15N2O2. The van der Waals surface area contributed by atoms with Gasteiger partial charge in [0, 0.05) is 17.4 Å². The lowest BCUT2D eigenvalue weighted by molar-refractivity contribution is 0.0991. The maximum absolute atomic E-state index is 11.3. The Hall–Kier alpha value is -1.81. The molecule has 4 heteroatoms. The van der Waals surface area contributed by atoms with Gasteiger partial charge in [-0.15, -0.1) is 0 Å². The SMILES string of the molecule is CCc1[c]cc2c(c1)cc(C(N)=O)n2CCO. The fraction of sp³-hybridized carbons (Fsp3) is 0.308. The van der Waals surface area contributed by atoms with E-state index in [4.69, 9.17) is 10.8 Å². The second-order valence-corrected chi connectivity index (χ2v) is 3.92. The number of nitrogens with two attached hydrogens (primary N) is 1. The van der Waals surface area contributed by atoms with E-state index in [1.54, 1.807) is 10.6 Å². The van der Waals surface area contributed by atoms with Crippen LogP contribution in [-0.4, -0.2) is 22.2 Å². The van der Waals surface area contributed by atoms with Crippen molar-refractivity contribution >= 4 is 16.8 Å². The molecule has 1 aromatic carbocycles. The molecule has 17 heavy (non-hydrogen) atoms. The normalized spacial score (nSPS) is 10.9. The largest absolute Gasteiger partial charge is 0.395 e. The first kappa shape index (κ1) is 11.7. The van der Waals surface area contributed by atoms with Crippen LogP contribution in [0, 0.1) is 6.07 Å². The van der Waals surface area contributed by atoms with Gasteiger partial charge in [0.15, 0.2) is 0 Å². The van der Waals surface area contributed by atoms with Crippen LogP contribution < -0.4 is 5.73 Å². The van der Waals surface area contributed by atoms with Gasteiger partial charge in [-0.3, -0.25) is 4.79 Å². The average molecular weight is 231 g/mol. The molecule has 1 radical (unpaired) electrons. The minimum atomic E-state index is -0.479. The highest BCUT2D eigenvalue weighted by molar-refractivity contribution is 5.97. The summed E-state index contributed by atoms with van der Waals surface area (Å²) in [6.07, 6.45) is 0.896. The smallest absolute Gasteiger partial charge is 0.265 e. The first-order valence-corrected chi connectivity index (χ1v) is 5.62. The Balaban J connectivity index is 2.65. The summed E-state index contributed by atoms with van der Waals surface area (Å²) in [5, 5.41) is 9.98. The molecule has 0 fully saturated rings. The highest BCUT2D eigenvalue weighted by Crippen LogP contribution is 2.21. The Morgan fingerprint density at radius 1 is 1.53 bits per heavy atom. The van der Waals surface area contributed by atoms with Crippen LogP contribution in [0.4, 0.5) is 0 Å². The maximum Gasteiger partial charge on any atom is 0.265 e. The summed E-state index contributed by atoms with van der Waals surface area (Å²) < 4.78 is 1.73. The molecule has 0 aliphatic heterocycles. The Kier molecular flexibility index (Phi) is 3.15. The van der Waals surface area contributed by atoms with E-state index in [2.05, 4.69) is 13.0 Å². The highest BCUT2D eigenvalue weighted by Gasteiger charge is 2.12. The van der Waals surface area contributed by atoms with E-state index in [0.717, 1.165) is 22.9 Å². The van der Waals surface area contributed by atoms with E-state index >= 15 is 0 Å². The summed E-state index contributed by atoms with van der Waals surface area (Å²) in [7, 11) is 0. The van der Waals surface area contributed by atoms with Crippen LogP contribution in [0.25, 0.3) is 10.9 Å². The average Bonchev–Trinajstić information content (AvgIpc) is 2.68. The van der Waals surface area contributed by atoms with Crippen molar-refractivity contribution in [1.82, 2.24) is 4.57 Å². The van der Waals surface area contributed by atoms with Crippen molar-refractivity contribution in [2.75, 3.05) is 6.61 Å². The third kappa shape index (κ3) is 2.03. The van der Waals surface area contributed by atoms with Crippen LogP contribution in [0.5, 0.6) is 0 Å². The van der Waals surface area contributed by atoms with Crippen molar-refractivity contribution in [1.29, 1.82) is 0 Å². The molecule has 0 aliphatic carbocycles. The molecule has 4 nitrogen and oxygen atoms in total. The fourth-order valence-corrected chi connectivity index (χ4v) is 2.00. The number of aliphatic hydroxyl groups excluding tert-OH is 1. The molecule has 1 heterocycles. The van der Waals surface area contributed by atoms with E-state index in [-0.39, 0.29) is 6.61 Å². The van der Waals surface area contributed by atoms with Gasteiger partial charge in [0.2, 0.25) is 0 Å². The number of nitrogens with zero attached hydrogens (tertiary/aromatic N) is 1. The van der Waals surface area contributed by atoms with Gasteiger partial charge in [0.25, 0.3) is 5.91 Å². The van der Waals surface area contributed by atoms with Crippen molar-refractivity contribution in [2.24, 2.45) is 5.73 Å². The number of aliphatic hydroxyl groups is 1. The van der Waals surface area contributed by atoms with Gasteiger partial charge in [-0.05, 0) is 36.2 Å². The van der Waals surface area contributed by atoms with E-state index in [1.807, 2.05) is 12.1 Å². The number of carbonyl (C=O) groups is 1. The molecule has 89 valence electrons. The number of benzene rings is 1. The Morgan fingerprint density at radius 3 is 2.88 bits per heavy atom. The van der Waals surface area contributed by atoms with Crippen molar-refractivity contribution in [3.63, 3.8) is 0 Å². The zero-order valence-corrected chi connectivity index (χ0v) is 9.73. The number of aryl methyl sites for hydroxylation is 1. The minimum absolute atomic E-state index is 0.0282. The van der Waals surface area contributed by atoms with E-state index < -0.39 is 5.91 Å². The standard InChI is InChI=1S/C13H15N2O2/c1-2-9-3-4-11-10(7-9)8-12(13(14)17)15(11)5-6-16/h4,7-8,16H,2,5-6H2,1H3,(H2,14,17). The topological polar surface area (TPSA) is 68.2 Å². The zero-order chi connectivity index (χ0) is 12.4. The number of amides is 1. The van der Waals surface area contributed by atoms with Crippen molar-refractivity contribution in [3.8, 4) is 0 Å². The van der Waals surface area contributed by atoms with Gasteiger partial charge >= 0.3 is 0 Å². The molecule has 1 amide bonds. The number of hydrogen-bond donors (Lipinski definition) is 2. The van der Waals surface area contributed by atoms with Gasteiger partial charge in [0.05, 0.1) is 6.61 Å². The zero-order valence-electron chi connectivity index (χ0n) is 9.73. The van der Waals surface area contributed by atoms with Crippen LogP contribution in [0.2, 0.25) is 0 Å². The fourth-order valence-electron chi connectivity index (χ4n) is 2.00. The number of rotatable bonds is 4. The molecule has 0 saturated heterocycles. The molecule has 0 unspecified atom stereocenters. The first-order chi connectivity index (χ1) is 8.17. The Labute approximate surface area is 99.7 Å². The predicted octanol–water partition coefficient (Wildman–Crippen LogP) is 1.10. The highest BCUT2D eigenvalue weighted by atomic mass is 16.3. The molecule has 0 atom stereocenters. The third-order valence-corrected chi connectivity index (χ3v) is 2.85. The lowest BCUT2D eigenvalue weighted by atomic mass is 10.1. The van der Waals surface area contributed by atoms with Crippen molar-refractivity contribution in [3.05, 3.63) is 35.5 Å². The lowest BCUT2D eigenvalue weighted by Crippen LogP contribution is -2.17. The van der Waals surface area contributed by atoms with Gasteiger partial charge in [-0.2, -0.15) is 0 Å². The summed E-state index contributed by atoms with van der Waals surface area (Å²) in [4.78, 5) is 11.3. The predicted molar refractivity (Wildman–Crippen MR) is 65.8 cm³/mol. The number of carbonyl (C=O) groups excluding carboxylic acids is 1. The summed E-state index contributed by atoms with van der Waals surface area (Å²) in [6.45, 7) is 2.39. The van der Waals surface area contributed by atoms with Gasteiger partial charge in [0.1, 0.15) is 5.69 Å². The molecule has 3 N–H and O–H groups in total. The molecular weight excluding hydrogens is 216 g/mol. The Bertz CT molecular complexity index is 558. The molecule has 0 bridgehead atoms. The van der Waals surface area contributed by atoms with E-state index in [9.17, 15) is 4.79 Å². The van der Waals surface area contributed by atoms with Crippen LogP contribution >= 0.6 is 0 Å². The summed E-state index contributed by atoms with van der Waals surface area (Å²) in [6, 6.07) is 8.76.